The van der Waals surface area contributed by atoms with E-state index in [0.29, 0.717) is 10.8 Å². The number of aliphatic hydroxyl groups is 1. The summed E-state index contributed by atoms with van der Waals surface area (Å²) in [6.07, 6.45) is 0.0150. The Balaban J connectivity index is 0. The summed E-state index contributed by atoms with van der Waals surface area (Å²) in [6, 6.07) is 0. The first-order valence-corrected chi connectivity index (χ1v) is 7.13. The molecule has 1 atom stereocenters. The highest BCUT2D eigenvalue weighted by Crippen LogP contribution is 2.36. The van der Waals surface area contributed by atoms with Gasteiger partial charge in [-0.15, -0.1) is 0 Å². The summed E-state index contributed by atoms with van der Waals surface area (Å²) in [5.74, 6) is -0.814. The summed E-state index contributed by atoms with van der Waals surface area (Å²) in [7, 11) is 0. The van der Waals surface area contributed by atoms with E-state index < -0.39 is 17.5 Å². The van der Waals surface area contributed by atoms with E-state index in [-0.39, 0.29) is 5.41 Å². The molecule has 0 aromatic heterocycles. The molecule has 0 radical (unpaired) electrons. The molecule has 1 unspecified atom stereocenters. The quantitative estimate of drug-likeness (QED) is 0.594. The third-order valence-corrected chi connectivity index (χ3v) is 3.36. The van der Waals surface area contributed by atoms with E-state index in [2.05, 4.69) is 22.6 Å². The molecule has 0 aromatic carbocycles. The maximum Gasteiger partial charge on any atom is 0.309 e. The van der Waals surface area contributed by atoms with Gasteiger partial charge in [-0.3, -0.25) is 4.79 Å². The van der Waals surface area contributed by atoms with Crippen LogP contribution in [0.15, 0.2) is 0 Å². The van der Waals surface area contributed by atoms with Crippen molar-refractivity contribution in [2.45, 2.75) is 54.1 Å². The molecule has 0 saturated heterocycles. The van der Waals surface area contributed by atoms with Crippen LogP contribution in [0.2, 0.25) is 0 Å². The second-order valence-corrected chi connectivity index (χ2v) is 5.91. The lowest BCUT2D eigenvalue weighted by Gasteiger charge is -2.35. The number of carboxylic acids is 1. The zero-order valence-electron chi connectivity index (χ0n) is 11.2. The van der Waals surface area contributed by atoms with Crippen LogP contribution in [0.3, 0.4) is 0 Å². The topological polar surface area (TPSA) is 57.5 Å². The van der Waals surface area contributed by atoms with Gasteiger partial charge in [0.25, 0.3) is 0 Å². The van der Waals surface area contributed by atoms with Crippen molar-refractivity contribution in [1.29, 1.82) is 0 Å². The van der Waals surface area contributed by atoms with E-state index >= 15 is 0 Å². The van der Waals surface area contributed by atoms with E-state index in [9.17, 15) is 9.90 Å². The fraction of sp³-hybridized carbons (Fsp3) is 0.917. The predicted molar refractivity (Wildman–Crippen MR) is 76.1 cm³/mol. The molecule has 0 fully saturated rings. The molecule has 2 N–H and O–H groups in total. The molecule has 16 heavy (non-hydrogen) atoms. The van der Waals surface area contributed by atoms with Crippen LogP contribution >= 0.6 is 22.6 Å². The van der Waals surface area contributed by atoms with Gasteiger partial charge in [-0.05, 0) is 25.7 Å². The summed E-state index contributed by atoms with van der Waals surface area (Å²) < 4.78 is 0.625. The summed E-state index contributed by atoms with van der Waals surface area (Å²) in [5.41, 5.74) is -1.14. The molecule has 3 nitrogen and oxygen atoms in total. The number of alkyl halides is 1. The maximum absolute atomic E-state index is 10.9. The van der Waals surface area contributed by atoms with Crippen molar-refractivity contribution >= 4 is 28.6 Å². The molecule has 0 spiro atoms. The van der Waals surface area contributed by atoms with E-state index in [1.54, 1.807) is 13.8 Å². The van der Waals surface area contributed by atoms with E-state index in [0.717, 1.165) is 0 Å². The fourth-order valence-electron chi connectivity index (χ4n) is 1.54. The van der Waals surface area contributed by atoms with Gasteiger partial charge in [0.05, 0.1) is 11.5 Å². The number of carbonyl (C=O) groups is 1. The largest absolute Gasteiger partial charge is 0.481 e. The Bertz CT molecular complexity index is 212. The van der Waals surface area contributed by atoms with Crippen molar-refractivity contribution in [1.82, 2.24) is 0 Å². The lowest BCUT2D eigenvalue weighted by Crippen LogP contribution is -2.38. The molecule has 0 saturated carbocycles. The molecular weight excluding hydrogens is 319 g/mol. The van der Waals surface area contributed by atoms with Gasteiger partial charge in [-0.1, -0.05) is 50.3 Å². The minimum absolute atomic E-state index is 0.358. The van der Waals surface area contributed by atoms with Gasteiger partial charge < -0.3 is 10.2 Å². The lowest BCUT2D eigenvalue weighted by atomic mass is 9.72. The first-order chi connectivity index (χ1) is 7.13. The SMILES string of the molecule is CC.CC(C)(CC(C)(C)C(O)CI)C(=O)O. The average molecular weight is 344 g/mol. The Morgan fingerprint density at radius 1 is 1.25 bits per heavy atom. The molecule has 0 rings (SSSR count). The number of aliphatic hydroxyl groups excluding tert-OH is 1. The Kier molecular flexibility index (Phi) is 8.66. The molecule has 0 bridgehead atoms. The zero-order valence-corrected chi connectivity index (χ0v) is 13.3. The monoisotopic (exact) mass is 344 g/mol. The normalized spacial score (nSPS) is 13.8. The van der Waals surface area contributed by atoms with Crippen molar-refractivity contribution in [2.24, 2.45) is 10.8 Å². The van der Waals surface area contributed by atoms with Gasteiger partial charge in [0.1, 0.15) is 0 Å². The van der Waals surface area contributed by atoms with Crippen LogP contribution in [0.4, 0.5) is 0 Å². The molecule has 0 aromatic rings. The maximum atomic E-state index is 10.9. The second kappa shape index (κ2) is 7.48. The van der Waals surface area contributed by atoms with E-state index in [1.165, 1.54) is 0 Å². The molecular formula is C12H25IO3. The van der Waals surface area contributed by atoms with Crippen molar-refractivity contribution < 1.29 is 15.0 Å². The Hall–Kier alpha value is 0.160. The number of hydrogen-bond donors (Lipinski definition) is 2. The van der Waals surface area contributed by atoms with Crippen molar-refractivity contribution in [3.63, 3.8) is 0 Å². The third kappa shape index (κ3) is 6.03. The highest BCUT2D eigenvalue weighted by Gasteiger charge is 2.38. The first kappa shape index (κ1) is 18.5. The summed E-state index contributed by atoms with van der Waals surface area (Å²) >= 11 is 2.11. The van der Waals surface area contributed by atoms with Crippen molar-refractivity contribution in [3.8, 4) is 0 Å². The van der Waals surface area contributed by atoms with Gasteiger partial charge >= 0.3 is 5.97 Å². The molecule has 0 aliphatic carbocycles. The second-order valence-electron chi connectivity index (χ2n) is 5.02. The van der Waals surface area contributed by atoms with Crippen molar-refractivity contribution in [2.75, 3.05) is 4.43 Å². The predicted octanol–water partition coefficient (Wildman–Crippen LogP) is 3.34. The summed E-state index contributed by atoms with van der Waals surface area (Å²) in [5, 5.41) is 18.7. The smallest absolute Gasteiger partial charge is 0.309 e. The number of rotatable bonds is 5. The minimum atomic E-state index is -0.814. The highest BCUT2D eigenvalue weighted by atomic mass is 127. The minimum Gasteiger partial charge on any atom is -0.481 e. The molecule has 0 heterocycles. The van der Waals surface area contributed by atoms with Gasteiger partial charge in [0, 0.05) is 4.43 Å². The number of carboxylic acid groups (broad SMARTS) is 1. The third-order valence-electron chi connectivity index (χ3n) is 2.52. The number of aliphatic carboxylic acids is 1. The van der Waals surface area contributed by atoms with Gasteiger partial charge in [-0.25, -0.2) is 0 Å². The van der Waals surface area contributed by atoms with Crippen LogP contribution in [0.5, 0.6) is 0 Å². The van der Waals surface area contributed by atoms with Crippen LogP contribution in [0.25, 0.3) is 0 Å². The summed E-state index contributed by atoms with van der Waals surface area (Å²) in [6.45, 7) is 11.2. The molecule has 0 aliphatic rings. The summed E-state index contributed by atoms with van der Waals surface area (Å²) in [4.78, 5) is 10.9. The highest BCUT2D eigenvalue weighted by molar-refractivity contribution is 14.1. The fourth-order valence-corrected chi connectivity index (χ4v) is 2.73. The van der Waals surface area contributed by atoms with E-state index in [1.807, 2.05) is 27.7 Å². The van der Waals surface area contributed by atoms with Crippen LogP contribution in [0.1, 0.15) is 48.0 Å². The van der Waals surface area contributed by atoms with Crippen LogP contribution in [0, 0.1) is 10.8 Å². The lowest BCUT2D eigenvalue weighted by molar-refractivity contribution is -0.149. The molecule has 0 aliphatic heterocycles. The molecule has 0 amide bonds. The van der Waals surface area contributed by atoms with Gasteiger partial charge in [0.2, 0.25) is 0 Å². The van der Waals surface area contributed by atoms with E-state index in [4.69, 9.17) is 5.11 Å². The standard InChI is InChI=1S/C10H19IO3.C2H6/c1-9(2,7(12)5-11)6-10(3,4)8(13)14;1-2/h7,12H,5-6H2,1-4H3,(H,13,14);1-2H3. The van der Waals surface area contributed by atoms with Gasteiger partial charge in [0.15, 0.2) is 0 Å². The average Bonchev–Trinajstić information content (AvgIpc) is 2.17. The molecule has 98 valence electrons. The molecule has 4 heteroatoms. The Morgan fingerprint density at radius 2 is 1.62 bits per heavy atom. The number of hydrogen-bond acceptors (Lipinski definition) is 2. The Labute approximate surface area is 113 Å². The first-order valence-electron chi connectivity index (χ1n) is 5.61. The van der Waals surface area contributed by atoms with Crippen LogP contribution in [-0.4, -0.2) is 26.7 Å². The zero-order chi connectivity index (χ0) is 13.6. The van der Waals surface area contributed by atoms with Crippen molar-refractivity contribution in [3.05, 3.63) is 0 Å². The van der Waals surface area contributed by atoms with Crippen LogP contribution in [-0.2, 0) is 4.79 Å². The number of halogens is 1. The van der Waals surface area contributed by atoms with Gasteiger partial charge in [-0.2, -0.15) is 0 Å². The Morgan fingerprint density at radius 3 is 1.88 bits per heavy atom. The van der Waals surface area contributed by atoms with Crippen LogP contribution < -0.4 is 0 Å².